The third-order valence-corrected chi connectivity index (χ3v) is 7.02. The Bertz CT molecular complexity index is 1400. The molecule has 0 spiro atoms. The van der Waals surface area contributed by atoms with Gasteiger partial charge in [-0.05, 0) is 42.0 Å². The van der Waals surface area contributed by atoms with E-state index >= 15 is 0 Å². The maximum absolute atomic E-state index is 13.1. The maximum atomic E-state index is 13.1. The average Bonchev–Trinajstić information content (AvgIpc) is 3.13. The minimum Gasteiger partial charge on any atom is -0.441 e. The molecule has 0 saturated heterocycles. The fourth-order valence-electron chi connectivity index (χ4n) is 3.26. The number of nitrogens with zero attached hydrogens (tertiary/aromatic N) is 2. The van der Waals surface area contributed by atoms with E-state index in [4.69, 9.17) is 16.0 Å². The summed E-state index contributed by atoms with van der Waals surface area (Å²) in [5.41, 5.74) is 2.60. The molecule has 0 unspecified atom stereocenters. The SMILES string of the molecule is Cc1nc2cc(NC(=O)c3cc(S(=O)(=O)N(C)Cc4ccccc4)ccc3Cl)ccc2o1. The minimum absolute atomic E-state index is 0.0203. The van der Waals surface area contributed by atoms with E-state index in [2.05, 4.69) is 10.3 Å². The van der Waals surface area contributed by atoms with Gasteiger partial charge in [-0.1, -0.05) is 41.9 Å². The van der Waals surface area contributed by atoms with Crippen molar-refractivity contribution in [3.8, 4) is 0 Å². The Hall–Kier alpha value is -3.20. The zero-order valence-electron chi connectivity index (χ0n) is 17.4. The van der Waals surface area contributed by atoms with E-state index < -0.39 is 15.9 Å². The van der Waals surface area contributed by atoms with Gasteiger partial charge < -0.3 is 9.73 Å². The van der Waals surface area contributed by atoms with Gasteiger partial charge in [-0.25, -0.2) is 13.4 Å². The molecular formula is C23H20ClN3O4S. The molecule has 7 nitrogen and oxygen atoms in total. The zero-order valence-corrected chi connectivity index (χ0v) is 18.9. The molecule has 1 heterocycles. The molecule has 0 radical (unpaired) electrons. The topological polar surface area (TPSA) is 92.5 Å². The molecule has 4 rings (SSSR count). The van der Waals surface area contributed by atoms with Crippen LogP contribution in [0.3, 0.4) is 0 Å². The van der Waals surface area contributed by atoms with Crippen LogP contribution >= 0.6 is 11.6 Å². The summed E-state index contributed by atoms with van der Waals surface area (Å²) in [6.07, 6.45) is 0. The highest BCUT2D eigenvalue weighted by molar-refractivity contribution is 7.89. The summed E-state index contributed by atoms with van der Waals surface area (Å²) in [4.78, 5) is 17.1. The van der Waals surface area contributed by atoms with Crippen LogP contribution in [0, 0.1) is 6.92 Å². The number of sulfonamides is 1. The molecule has 32 heavy (non-hydrogen) atoms. The van der Waals surface area contributed by atoms with Crippen LogP contribution in [-0.2, 0) is 16.6 Å². The fraction of sp³-hybridized carbons (Fsp3) is 0.130. The smallest absolute Gasteiger partial charge is 0.257 e. The van der Waals surface area contributed by atoms with Crippen molar-refractivity contribution in [2.45, 2.75) is 18.4 Å². The number of aryl methyl sites for hydroxylation is 1. The number of rotatable bonds is 6. The molecule has 0 aliphatic rings. The van der Waals surface area contributed by atoms with Gasteiger partial charge in [0.2, 0.25) is 10.0 Å². The standard InChI is InChI=1S/C23H20ClN3O4S/c1-15-25-21-12-17(8-11-22(21)31-15)26-23(28)19-13-18(9-10-20(19)24)32(29,30)27(2)14-16-6-4-3-5-7-16/h3-13H,14H2,1-2H3,(H,26,28). The summed E-state index contributed by atoms with van der Waals surface area (Å²) in [6.45, 7) is 1.93. The first-order valence-corrected chi connectivity index (χ1v) is 11.5. The number of amides is 1. The van der Waals surface area contributed by atoms with Gasteiger partial charge >= 0.3 is 0 Å². The zero-order chi connectivity index (χ0) is 22.9. The first-order valence-electron chi connectivity index (χ1n) is 9.72. The molecule has 1 aromatic heterocycles. The third-order valence-electron chi connectivity index (χ3n) is 4.89. The largest absolute Gasteiger partial charge is 0.441 e. The second-order valence-corrected chi connectivity index (χ2v) is 9.71. The number of benzene rings is 3. The Kier molecular flexibility index (Phi) is 6.01. The summed E-state index contributed by atoms with van der Waals surface area (Å²) < 4.78 is 32.8. The van der Waals surface area contributed by atoms with Gasteiger partial charge in [0.15, 0.2) is 11.5 Å². The van der Waals surface area contributed by atoms with E-state index in [0.717, 1.165) is 5.56 Å². The van der Waals surface area contributed by atoms with Crippen molar-refractivity contribution in [3.05, 3.63) is 88.8 Å². The lowest BCUT2D eigenvalue weighted by Crippen LogP contribution is -2.27. The normalized spacial score (nSPS) is 11.8. The van der Waals surface area contributed by atoms with Gasteiger partial charge in [-0.15, -0.1) is 0 Å². The number of halogens is 1. The van der Waals surface area contributed by atoms with Crippen LogP contribution in [0.2, 0.25) is 5.02 Å². The number of fused-ring (bicyclic) bond motifs is 1. The minimum atomic E-state index is -3.84. The molecule has 4 aromatic rings. The lowest BCUT2D eigenvalue weighted by molar-refractivity contribution is 0.102. The Morgan fingerprint density at radius 3 is 2.59 bits per heavy atom. The third kappa shape index (κ3) is 4.52. The predicted molar refractivity (Wildman–Crippen MR) is 123 cm³/mol. The lowest BCUT2D eigenvalue weighted by atomic mass is 10.2. The first kappa shape index (κ1) is 22.0. The molecule has 0 aliphatic heterocycles. The number of carbonyl (C=O) groups excluding carboxylic acids is 1. The van der Waals surface area contributed by atoms with Crippen LogP contribution in [0.5, 0.6) is 0 Å². The molecule has 9 heteroatoms. The van der Waals surface area contributed by atoms with E-state index in [0.29, 0.717) is 22.7 Å². The molecule has 1 amide bonds. The summed E-state index contributed by atoms with van der Waals surface area (Å²) in [5, 5.41) is 2.88. The van der Waals surface area contributed by atoms with Crippen molar-refractivity contribution in [1.29, 1.82) is 0 Å². The molecule has 0 fully saturated rings. The highest BCUT2D eigenvalue weighted by Gasteiger charge is 2.23. The van der Waals surface area contributed by atoms with Crippen LogP contribution in [0.25, 0.3) is 11.1 Å². The van der Waals surface area contributed by atoms with E-state index in [1.165, 1.54) is 29.6 Å². The van der Waals surface area contributed by atoms with Crippen LogP contribution in [0.15, 0.2) is 76.0 Å². The highest BCUT2D eigenvalue weighted by atomic mass is 35.5. The molecule has 3 aromatic carbocycles. The molecule has 0 bridgehead atoms. The van der Waals surface area contributed by atoms with Gasteiger partial charge in [-0.2, -0.15) is 4.31 Å². The number of nitrogens with one attached hydrogen (secondary N) is 1. The van der Waals surface area contributed by atoms with E-state index in [1.807, 2.05) is 30.3 Å². The second kappa shape index (κ2) is 8.74. The van der Waals surface area contributed by atoms with E-state index in [9.17, 15) is 13.2 Å². The van der Waals surface area contributed by atoms with Crippen LogP contribution < -0.4 is 5.32 Å². The van der Waals surface area contributed by atoms with Crippen LogP contribution in [0.4, 0.5) is 5.69 Å². The van der Waals surface area contributed by atoms with Crippen molar-refractivity contribution < 1.29 is 17.6 Å². The number of hydrogen-bond acceptors (Lipinski definition) is 5. The Morgan fingerprint density at radius 1 is 1.09 bits per heavy atom. The van der Waals surface area contributed by atoms with E-state index in [-0.39, 0.29) is 22.0 Å². The summed E-state index contributed by atoms with van der Waals surface area (Å²) >= 11 is 6.22. The lowest BCUT2D eigenvalue weighted by Gasteiger charge is -2.18. The van der Waals surface area contributed by atoms with Gasteiger partial charge in [0, 0.05) is 26.2 Å². The monoisotopic (exact) mass is 469 g/mol. The number of aromatic nitrogens is 1. The van der Waals surface area contributed by atoms with Crippen molar-refractivity contribution in [3.63, 3.8) is 0 Å². The molecular weight excluding hydrogens is 450 g/mol. The fourth-order valence-corrected chi connectivity index (χ4v) is 4.65. The summed E-state index contributed by atoms with van der Waals surface area (Å²) in [5.74, 6) is -0.0126. The maximum Gasteiger partial charge on any atom is 0.257 e. The number of oxazole rings is 1. The van der Waals surface area contributed by atoms with Crippen molar-refractivity contribution in [1.82, 2.24) is 9.29 Å². The number of carbonyl (C=O) groups is 1. The van der Waals surface area contributed by atoms with Gasteiger partial charge in [0.05, 0.1) is 15.5 Å². The Labute approximate surface area is 190 Å². The molecule has 0 atom stereocenters. The molecule has 164 valence electrons. The quantitative estimate of drug-likeness (QED) is 0.435. The van der Waals surface area contributed by atoms with Gasteiger partial charge in [0.1, 0.15) is 5.52 Å². The number of anilines is 1. The molecule has 0 aliphatic carbocycles. The highest BCUT2D eigenvalue weighted by Crippen LogP contribution is 2.25. The van der Waals surface area contributed by atoms with Crippen molar-refractivity contribution in [2.24, 2.45) is 0 Å². The summed E-state index contributed by atoms with van der Waals surface area (Å²) in [6, 6.07) is 18.4. The van der Waals surface area contributed by atoms with Crippen molar-refractivity contribution in [2.75, 3.05) is 12.4 Å². The Morgan fingerprint density at radius 2 is 1.84 bits per heavy atom. The predicted octanol–water partition coefficient (Wildman–Crippen LogP) is 4.86. The Balaban J connectivity index is 1.58. The summed E-state index contributed by atoms with van der Waals surface area (Å²) in [7, 11) is -2.34. The average molecular weight is 470 g/mol. The molecule has 0 saturated carbocycles. The van der Waals surface area contributed by atoms with Crippen LogP contribution in [0.1, 0.15) is 21.8 Å². The van der Waals surface area contributed by atoms with E-state index in [1.54, 1.807) is 25.1 Å². The first-order chi connectivity index (χ1) is 15.2. The van der Waals surface area contributed by atoms with Gasteiger partial charge in [-0.3, -0.25) is 4.79 Å². The molecule has 1 N–H and O–H groups in total. The van der Waals surface area contributed by atoms with Crippen LogP contribution in [-0.4, -0.2) is 30.7 Å². The second-order valence-electron chi connectivity index (χ2n) is 7.26. The van der Waals surface area contributed by atoms with Gasteiger partial charge in [0.25, 0.3) is 5.91 Å². The van der Waals surface area contributed by atoms with Crippen molar-refractivity contribution >= 4 is 44.3 Å². The number of hydrogen-bond donors (Lipinski definition) is 1.